The van der Waals surface area contributed by atoms with Crippen LogP contribution in [0, 0.1) is 5.92 Å². The summed E-state index contributed by atoms with van der Waals surface area (Å²) in [5.74, 6) is -2.22. The Balaban J connectivity index is 1.53. The van der Waals surface area contributed by atoms with Crippen LogP contribution in [-0.4, -0.2) is 65.5 Å². The summed E-state index contributed by atoms with van der Waals surface area (Å²) in [6, 6.07) is 5.13. The Morgan fingerprint density at radius 3 is 2.77 bits per heavy atom. The lowest BCUT2D eigenvalue weighted by Gasteiger charge is -2.29. The molecule has 0 saturated carbocycles. The van der Waals surface area contributed by atoms with Gasteiger partial charge in [-0.15, -0.1) is 0 Å². The van der Waals surface area contributed by atoms with Crippen LogP contribution in [0.4, 0.5) is 13.2 Å². The standard InChI is InChI=1S/C20H20F3N3O4/c1-30-19(29)11-2-3-15-13(6-11)14-9-25(5-4-16(14)24-15)18(28)12-7-17(27)26(8-12)10-20(21,22)23/h2-3,6,12,24H,4-5,7-10H2,1H3. The third-order valence-corrected chi connectivity index (χ3v) is 5.64. The molecule has 7 nitrogen and oxygen atoms in total. The lowest BCUT2D eigenvalue weighted by atomic mass is 10.0. The monoisotopic (exact) mass is 423 g/mol. The maximum atomic E-state index is 12.9. The first kappa shape index (κ1) is 20.2. The maximum Gasteiger partial charge on any atom is 0.406 e. The number of carbonyl (C=O) groups is 3. The van der Waals surface area contributed by atoms with Crippen molar-refractivity contribution in [3.05, 3.63) is 35.0 Å². The molecular weight excluding hydrogens is 403 g/mol. The van der Waals surface area contributed by atoms with Gasteiger partial charge in [0.05, 0.1) is 18.6 Å². The van der Waals surface area contributed by atoms with Gasteiger partial charge in [0, 0.05) is 54.6 Å². The Kier molecular flexibility index (Phi) is 4.95. The number of halogens is 3. The normalized spacial score (nSPS) is 19.3. The highest BCUT2D eigenvalue weighted by atomic mass is 19.4. The number of esters is 1. The first-order chi connectivity index (χ1) is 14.2. The smallest absolute Gasteiger partial charge is 0.406 e. The molecule has 1 unspecified atom stereocenters. The fourth-order valence-corrected chi connectivity index (χ4v) is 4.21. The lowest BCUT2D eigenvalue weighted by molar-refractivity contribution is -0.157. The van der Waals surface area contributed by atoms with Crippen molar-refractivity contribution in [1.82, 2.24) is 14.8 Å². The fraction of sp³-hybridized carbons (Fsp3) is 0.450. The Morgan fingerprint density at radius 1 is 1.30 bits per heavy atom. The van der Waals surface area contributed by atoms with Crippen LogP contribution in [-0.2, 0) is 27.3 Å². The number of alkyl halides is 3. The highest BCUT2D eigenvalue weighted by Gasteiger charge is 2.42. The van der Waals surface area contributed by atoms with E-state index < -0.39 is 30.5 Å². The van der Waals surface area contributed by atoms with Crippen molar-refractivity contribution in [2.24, 2.45) is 5.92 Å². The van der Waals surface area contributed by atoms with Crippen molar-refractivity contribution >= 4 is 28.7 Å². The summed E-state index contributed by atoms with van der Waals surface area (Å²) in [6.45, 7) is -0.880. The van der Waals surface area contributed by atoms with E-state index in [1.165, 1.54) is 7.11 Å². The summed E-state index contributed by atoms with van der Waals surface area (Å²) in [7, 11) is 1.30. The average Bonchev–Trinajstić information content (AvgIpc) is 3.24. The van der Waals surface area contributed by atoms with E-state index in [0.717, 1.165) is 22.2 Å². The van der Waals surface area contributed by atoms with E-state index in [1.54, 1.807) is 23.1 Å². The fourth-order valence-electron chi connectivity index (χ4n) is 4.21. The second-order valence-electron chi connectivity index (χ2n) is 7.63. The summed E-state index contributed by atoms with van der Waals surface area (Å²) in [6.07, 6.45) is -4.15. The van der Waals surface area contributed by atoms with E-state index in [4.69, 9.17) is 4.74 Å². The number of H-pyrrole nitrogens is 1. The van der Waals surface area contributed by atoms with Gasteiger partial charge < -0.3 is 19.5 Å². The van der Waals surface area contributed by atoms with E-state index in [0.29, 0.717) is 23.4 Å². The molecule has 3 heterocycles. The maximum absolute atomic E-state index is 12.9. The van der Waals surface area contributed by atoms with Crippen LogP contribution < -0.4 is 0 Å². The Labute approximate surface area is 169 Å². The lowest BCUT2D eigenvalue weighted by Crippen LogP contribution is -2.41. The predicted molar refractivity (Wildman–Crippen MR) is 99.5 cm³/mol. The average molecular weight is 423 g/mol. The molecule has 4 rings (SSSR count). The van der Waals surface area contributed by atoms with Crippen LogP contribution in [0.3, 0.4) is 0 Å². The number of ether oxygens (including phenoxy) is 1. The molecule has 1 saturated heterocycles. The predicted octanol–water partition coefficient (Wildman–Crippen LogP) is 2.25. The largest absolute Gasteiger partial charge is 0.465 e. The SMILES string of the molecule is COC(=O)c1ccc2[nH]c3c(c2c1)CN(C(=O)C1CC(=O)N(CC(F)(F)F)C1)CC3. The molecule has 0 aliphatic carbocycles. The number of aromatic nitrogens is 1. The molecule has 2 aromatic rings. The molecule has 2 amide bonds. The Morgan fingerprint density at radius 2 is 2.07 bits per heavy atom. The number of hydrogen-bond donors (Lipinski definition) is 1. The van der Waals surface area contributed by atoms with E-state index in [2.05, 4.69) is 4.98 Å². The minimum atomic E-state index is -4.49. The molecule has 1 aromatic carbocycles. The number of carbonyl (C=O) groups excluding carboxylic acids is 3. The molecule has 0 spiro atoms. The molecule has 1 aromatic heterocycles. The van der Waals surface area contributed by atoms with Crippen LogP contribution in [0.2, 0.25) is 0 Å². The van der Waals surface area contributed by atoms with Crippen LogP contribution in [0.1, 0.15) is 28.0 Å². The van der Waals surface area contributed by atoms with Crippen LogP contribution in [0.15, 0.2) is 18.2 Å². The molecular formula is C20H20F3N3O4. The van der Waals surface area contributed by atoms with Gasteiger partial charge in [-0.3, -0.25) is 9.59 Å². The third kappa shape index (κ3) is 3.73. The van der Waals surface area contributed by atoms with E-state index in [1.807, 2.05) is 0 Å². The third-order valence-electron chi connectivity index (χ3n) is 5.64. The Bertz CT molecular complexity index is 1030. The number of methoxy groups -OCH3 is 1. The highest BCUT2D eigenvalue weighted by Crippen LogP contribution is 2.31. The van der Waals surface area contributed by atoms with Gasteiger partial charge in [0.2, 0.25) is 11.8 Å². The van der Waals surface area contributed by atoms with Crippen LogP contribution in [0.5, 0.6) is 0 Å². The number of aromatic amines is 1. The minimum absolute atomic E-state index is 0.210. The number of nitrogens with zero attached hydrogens (tertiary/aromatic N) is 2. The van der Waals surface area contributed by atoms with Crippen LogP contribution in [0.25, 0.3) is 10.9 Å². The molecule has 0 bridgehead atoms. The van der Waals surface area contributed by atoms with Crippen molar-refractivity contribution in [3.63, 3.8) is 0 Å². The van der Waals surface area contributed by atoms with Crippen molar-refractivity contribution in [2.45, 2.75) is 25.6 Å². The van der Waals surface area contributed by atoms with Gasteiger partial charge in [0.1, 0.15) is 6.54 Å². The zero-order chi connectivity index (χ0) is 21.6. The van der Waals surface area contributed by atoms with Gasteiger partial charge >= 0.3 is 12.1 Å². The van der Waals surface area contributed by atoms with E-state index in [-0.39, 0.29) is 25.4 Å². The molecule has 10 heteroatoms. The summed E-state index contributed by atoms with van der Waals surface area (Å²) >= 11 is 0. The first-order valence-electron chi connectivity index (χ1n) is 9.51. The van der Waals surface area contributed by atoms with Gasteiger partial charge in [-0.1, -0.05) is 0 Å². The van der Waals surface area contributed by atoms with E-state index >= 15 is 0 Å². The van der Waals surface area contributed by atoms with Crippen LogP contribution >= 0.6 is 0 Å². The second kappa shape index (κ2) is 7.33. The number of nitrogens with one attached hydrogen (secondary N) is 1. The summed E-state index contributed by atoms with van der Waals surface area (Å²) in [5.41, 5.74) is 3.04. The number of hydrogen-bond acceptors (Lipinski definition) is 4. The van der Waals surface area contributed by atoms with Crippen molar-refractivity contribution < 1.29 is 32.3 Å². The molecule has 30 heavy (non-hydrogen) atoms. The zero-order valence-electron chi connectivity index (χ0n) is 16.2. The molecule has 1 atom stereocenters. The zero-order valence-corrected chi connectivity index (χ0v) is 16.2. The Hall–Kier alpha value is -3.04. The summed E-state index contributed by atoms with van der Waals surface area (Å²) in [5, 5.41) is 0.798. The molecule has 1 fully saturated rings. The second-order valence-corrected chi connectivity index (χ2v) is 7.63. The highest BCUT2D eigenvalue weighted by molar-refractivity contribution is 5.96. The van der Waals surface area contributed by atoms with E-state index in [9.17, 15) is 27.6 Å². The number of fused-ring (bicyclic) bond motifs is 3. The van der Waals surface area contributed by atoms with Crippen molar-refractivity contribution in [3.8, 4) is 0 Å². The summed E-state index contributed by atoms with van der Waals surface area (Å²) < 4.78 is 42.7. The number of likely N-dealkylation sites (tertiary alicyclic amines) is 1. The van der Waals surface area contributed by atoms with Gasteiger partial charge in [-0.05, 0) is 18.2 Å². The molecule has 2 aliphatic rings. The molecule has 2 aliphatic heterocycles. The molecule has 160 valence electrons. The minimum Gasteiger partial charge on any atom is -0.465 e. The quantitative estimate of drug-likeness (QED) is 0.768. The van der Waals surface area contributed by atoms with Gasteiger partial charge in [0.25, 0.3) is 0 Å². The molecule has 1 N–H and O–H groups in total. The van der Waals surface area contributed by atoms with Gasteiger partial charge in [-0.25, -0.2) is 4.79 Å². The topological polar surface area (TPSA) is 82.7 Å². The number of rotatable bonds is 3. The molecule has 0 radical (unpaired) electrons. The van der Waals surface area contributed by atoms with Crippen molar-refractivity contribution in [1.29, 1.82) is 0 Å². The number of amides is 2. The first-order valence-corrected chi connectivity index (χ1v) is 9.51. The van der Waals surface area contributed by atoms with Gasteiger partial charge in [-0.2, -0.15) is 13.2 Å². The number of benzene rings is 1. The summed E-state index contributed by atoms with van der Waals surface area (Å²) in [4.78, 5) is 42.3. The van der Waals surface area contributed by atoms with Crippen molar-refractivity contribution in [2.75, 3.05) is 26.7 Å². The van der Waals surface area contributed by atoms with Gasteiger partial charge in [0.15, 0.2) is 0 Å².